The van der Waals surface area contributed by atoms with Gasteiger partial charge in [-0.15, -0.1) is 0 Å². The number of hydrogen-bond acceptors (Lipinski definition) is 3. The highest BCUT2D eigenvalue weighted by Gasteiger charge is 2.39. The van der Waals surface area contributed by atoms with Gasteiger partial charge in [-0.1, -0.05) is 0 Å². The van der Waals surface area contributed by atoms with Gasteiger partial charge in [0.05, 0.1) is 25.8 Å². The van der Waals surface area contributed by atoms with E-state index >= 15 is 0 Å². The summed E-state index contributed by atoms with van der Waals surface area (Å²) in [6.07, 6.45) is 0. The fourth-order valence-corrected chi connectivity index (χ4v) is 1.32. The SMILES string of the molecule is COc1ccc(OC)c(C(F)(F)C(C)N)c1. The fourth-order valence-electron chi connectivity index (χ4n) is 1.32. The number of ether oxygens (including phenoxy) is 2. The van der Waals surface area contributed by atoms with Crippen LogP contribution in [0.15, 0.2) is 18.2 Å². The summed E-state index contributed by atoms with van der Waals surface area (Å²) in [5, 5.41) is 0. The van der Waals surface area contributed by atoms with E-state index in [-0.39, 0.29) is 11.3 Å². The van der Waals surface area contributed by atoms with E-state index < -0.39 is 12.0 Å². The Morgan fingerprint density at radius 3 is 2.31 bits per heavy atom. The molecule has 0 radical (unpaired) electrons. The summed E-state index contributed by atoms with van der Waals surface area (Å²) < 4.78 is 37.4. The van der Waals surface area contributed by atoms with Crippen LogP contribution < -0.4 is 15.2 Å². The van der Waals surface area contributed by atoms with Crippen molar-refractivity contribution < 1.29 is 18.3 Å². The second kappa shape index (κ2) is 4.65. The summed E-state index contributed by atoms with van der Waals surface area (Å²) in [7, 11) is 2.75. The second-order valence-electron chi connectivity index (χ2n) is 3.48. The van der Waals surface area contributed by atoms with E-state index in [9.17, 15) is 8.78 Å². The third-order valence-electron chi connectivity index (χ3n) is 2.34. The first-order valence-corrected chi connectivity index (χ1v) is 4.79. The molecule has 0 heterocycles. The number of benzene rings is 1. The molecule has 0 saturated carbocycles. The van der Waals surface area contributed by atoms with Crippen LogP contribution in [0.5, 0.6) is 11.5 Å². The fraction of sp³-hybridized carbons (Fsp3) is 0.455. The molecule has 1 atom stereocenters. The van der Waals surface area contributed by atoms with Crippen molar-refractivity contribution >= 4 is 0 Å². The van der Waals surface area contributed by atoms with E-state index in [1.165, 1.54) is 33.3 Å². The third kappa shape index (κ3) is 2.24. The first-order valence-electron chi connectivity index (χ1n) is 4.79. The second-order valence-corrected chi connectivity index (χ2v) is 3.48. The normalized spacial score (nSPS) is 13.4. The van der Waals surface area contributed by atoms with Crippen LogP contribution in [-0.4, -0.2) is 20.3 Å². The van der Waals surface area contributed by atoms with Crippen LogP contribution in [0.1, 0.15) is 12.5 Å². The predicted molar refractivity (Wildman–Crippen MR) is 57.1 cm³/mol. The molecule has 0 aromatic heterocycles. The molecule has 0 amide bonds. The number of alkyl halides is 2. The zero-order chi connectivity index (χ0) is 12.3. The summed E-state index contributed by atoms with van der Waals surface area (Å²) in [5.41, 5.74) is 5.01. The predicted octanol–water partition coefficient (Wildman–Crippen LogP) is 2.14. The molecule has 0 bridgehead atoms. The van der Waals surface area contributed by atoms with Gasteiger partial charge in [0.15, 0.2) is 0 Å². The van der Waals surface area contributed by atoms with Crippen LogP contribution >= 0.6 is 0 Å². The van der Waals surface area contributed by atoms with Crippen LogP contribution in [0.25, 0.3) is 0 Å². The van der Waals surface area contributed by atoms with Crippen LogP contribution in [0.2, 0.25) is 0 Å². The maximum absolute atomic E-state index is 13.8. The number of methoxy groups -OCH3 is 2. The Labute approximate surface area is 93.2 Å². The van der Waals surface area contributed by atoms with Crippen LogP contribution in [0.3, 0.4) is 0 Å². The maximum Gasteiger partial charge on any atom is 0.291 e. The van der Waals surface area contributed by atoms with E-state index in [0.717, 1.165) is 0 Å². The van der Waals surface area contributed by atoms with Crippen molar-refractivity contribution in [3.05, 3.63) is 23.8 Å². The monoisotopic (exact) mass is 231 g/mol. The lowest BCUT2D eigenvalue weighted by Gasteiger charge is -2.23. The van der Waals surface area contributed by atoms with Gasteiger partial charge in [-0.05, 0) is 25.1 Å². The number of rotatable bonds is 4. The molecule has 0 spiro atoms. The minimum atomic E-state index is -3.15. The minimum Gasteiger partial charge on any atom is -0.497 e. The number of hydrogen-bond donors (Lipinski definition) is 1. The average Bonchev–Trinajstić information content (AvgIpc) is 2.27. The van der Waals surface area contributed by atoms with Crippen LogP contribution in [0, 0.1) is 0 Å². The van der Waals surface area contributed by atoms with Crippen molar-refractivity contribution in [2.75, 3.05) is 14.2 Å². The molecule has 0 aliphatic carbocycles. The van der Waals surface area contributed by atoms with Gasteiger partial charge in [0.1, 0.15) is 11.5 Å². The summed E-state index contributed by atoms with van der Waals surface area (Å²) in [5.74, 6) is -2.71. The van der Waals surface area contributed by atoms with Gasteiger partial charge in [-0.3, -0.25) is 0 Å². The average molecular weight is 231 g/mol. The van der Waals surface area contributed by atoms with Crippen LogP contribution in [0.4, 0.5) is 8.78 Å². The van der Waals surface area contributed by atoms with Gasteiger partial charge >= 0.3 is 0 Å². The molecule has 0 fully saturated rings. The zero-order valence-corrected chi connectivity index (χ0v) is 9.46. The highest BCUT2D eigenvalue weighted by Crippen LogP contribution is 2.38. The van der Waals surface area contributed by atoms with Crippen molar-refractivity contribution in [2.45, 2.75) is 18.9 Å². The molecular formula is C11H15F2NO2. The van der Waals surface area contributed by atoms with Gasteiger partial charge in [0.25, 0.3) is 5.92 Å². The van der Waals surface area contributed by atoms with Crippen molar-refractivity contribution in [3.8, 4) is 11.5 Å². The third-order valence-corrected chi connectivity index (χ3v) is 2.34. The van der Waals surface area contributed by atoms with E-state index in [1.807, 2.05) is 0 Å². The molecule has 0 aliphatic heterocycles. The van der Waals surface area contributed by atoms with Gasteiger partial charge in [0, 0.05) is 0 Å². The van der Waals surface area contributed by atoms with Crippen molar-refractivity contribution in [1.82, 2.24) is 0 Å². The zero-order valence-electron chi connectivity index (χ0n) is 9.46. The summed E-state index contributed by atoms with van der Waals surface area (Å²) in [4.78, 5) is 0. The number of halogens is 2. The van der Waals surface area contributed by atoms with Crippen molar-refractivity contribution in [2.24, 2.45) is 5.73 Å². The Morgan fingerprint density at radius 2 is 1.88 bits per heavy atom. The summed E-state index contributed by atoms with van der Waals surface area (Å²) in [6.45, 7) is 1.25. The lowest BCUT2D eigenvalue weighted by Crippen LogP contribution is -2.36. The molecule has 1 rings (SSSR count). The minimum absolute atomic E-state index is 0.100. The molecule has 1 aromatic rings. The van der Waals surface area contributed by atoms with Gasteiger partial charge in [-0.2, -0.15) is 8.78 Å². The molecular weight excluding hydrogens is 216 g/mol. The Morgan fingerprint density at radius 1 is 1.25 bits per heavy atom. The molecule has 0 saturated heterocycles. The molecule has 16 heavy (non-hydrogen) atoms. The van der Waals surface area contributed by atoms with E-state index in [1.54, 1.807) is 6.07 Å². The molecule has 0 aliphatic rings. The standard InChI is InChI=1S/C11H15F2NO2/c1-7(14)11(12,13)9-6-8(15-2)4-5-10(9)16-3/h4-7H,14H2,1-3H3. The summed E-state index contributed by atoms with van der Waals surface area (Å²) >= 11 is 0. The molecule has 90 valence electrons. The van der Waals surface area contributed by atoms with E-state index in [2.05, 4.69) is 0 Å². The highest BCUT2D eigenvalue weighted by molar-refractivity contribution is 5.43. The molecule has 2 N–H and O–H groups in total. The summed E-state index contributed by atoms with van der Waals surface area (Å²) in [6, 6.07) is 2.93. The molecule has 1 aromatic carbocycles. The topological polar surface area (TPSA) is 44.5 Å². The smallest absolute Gasteiger partial charge is 0.291 e. The lowest BCUT2D eigenvalue weighted by molar-refractivity contribution is -0.0277. The first kappa shape index (κ1) is 12.7. The Kier molecular flexibility index (Phi) is 3.70. The highest BCUT2D eigenvalue weighted by atomic mass is 19.3. The van der Waals surface area contributed by atoms with Crippen molar-refractivity contribution in [3.63, 3.8) is 0 Å². The first-order chi connectivity index (χ1) is 7.43. The Bertz CT molecular complexity index is 367. The Hall–Kier alpha value is -1.36. The molecule has 3 nitrogen and oxygen atoms in total. The number of nitrogens with two attached hydrogens (primary N) is 1. The molecule has 5 heteroatoms. The largest absolute Gasteiger partial charge is 0.497 e. The van der Waals surface area contributed by atoms with Crippen LogP contribution in [-0.2, 0) is 5.92 Å². The van der Waals surface area contributed by atoms with Crippen molar-refractivity contribution in [1.29, 1.82) is 0 Å². The van der Waals surface area contributed by atoms with E-state index in [0.29, 0.717) is 5.75 Å². The van der Waals surface area contributed by atoms with Gasteiger partial charge < -0.3 is 15.2 Å². The van der Waals surface area contributed by atoms with Gasteiger partial charge in [-0.25, -0.2) is 0 Å². The van der Waals surface area contributed by atoms with Gasteiger partial charge in [0.2, 0.25) is 0 Å². The lowest BCUT2D eigenvalue weighted by atomic mass is 10.0. The van der Waals surface area contributed by atoms with E-state index in [4.69, 9.17) is 15.2 Å². The Balaban J connectivity index is 3.28. The maximum atomic E-state index is 13.8. The molecule has 1 unspecified atom stereocenters. The quantitative estimate of drug-likeness (QED) is 0.863.